The van der Waals surface area contributed by atoms with E-state index < -0.39 is 0 Å². The van der Waals surface area contributed by atoms with E-state index in [1.165, 1.54) is 42.8 Å². The molecular formula is C19H27N7. The number of aryl methyl sites for hydroxylation is 3. The fourth-order valence-electron chi connectivity index (χ4n) is 4.39. The van der Waals surface area contributed by atoms with Crippen LogP contribution in [-0.2, 0) is 32.4 Å². The Labute approximate surface area is 154 Å². The van der Waals surface area contributed by atoms with Crippen molar-refractivity contribution in [2.75, 3.05) is 25.0 Å². The molecular weight excluding hydrogens is 326 g/mol. The molecule has 5 rings (SSSR count). The van der Waals surface area contributed by atoms with Crippen molar-refractivity contribution in [1.29, 1.82) is 0 Å². The fraction of sp³-hybridized carbons (Fsp3) is 0.684. The Hall–Kier alpha value is -2.02. The molecule has 138 valence electrons. The molecule has 3 aliphatic rings. The second-order valence-corrected chi connectivity index (χ2v) is 8.00. The van der Waals surface area contributed by atoms with Gasteiger partial charge in [-0.2, -0.15) is 5.10 Å². The first-order chi connectivity index (χ1) is 12.8. The van der Waals surface area contributed by atoms with Crippen molar-refractivity contribution in [3.05, 3.63) is 29.0 Å². The summed E-state index contributed by atoms with van der Waals surface area (Å²) in [6.07, 6.45) is 8.36. The van der Waals surface area contributed by atoms with Gasteiger partial charge in [0, 0.05) is 32.1 Å². The summed E-state index contributed by atoms with van der Waals surface area (Å²) in [7, 11) is 2.20. The van der Waals surface area contributed by atoms with Gasteiger partial charge in [0.15, 0.2) is 5.82 Å². The van der Waals surface area contributed by atoms with E-state index in [9.17, 15) is 0 Å². The maximum absolute atomic E-state index is 4.47. The largest absolute Gasteiger partial charge is 0.352 e. The SMILES string of the molecule is CN(Cc1nnc2n1CCCC2)C1CN(c2cc3c(nn2)CCCC3)C1. The maximum atomic E-state index is 4.47. The molecule has 0 spiro atoms. The predicted molar refractivity (Wildman–Crippen MR) is 99.1 cm³/mol. The quantitative estimate of drug-likeness (QED) is 0.832. The second-order valence-electron chi connectivity index (χ2n) is 8.00. The molecule has 2 aromatic heterocycles. The van der Waals surface area contributed by atoms with Crippen LogP contribution in [0.2, 0.25) is 0 Å². The minimum absolute atomic E-state index is 0.546. The molecule has 0 radical (unpaired) electrons. The zero-order valence-electron chi connectivity index (χ0n) is 15.6. The van der Waals surface area contributed by atoms with E-state index >= 15 is 0 Å². The Morgan fingerprint density at radius 1 is 1.00 bits per heavy atom. The number of hydrogen-bond donors (Lipinski definition) is 0. The summed E-state index contributed by atoms with van der Waals surface area (Å²) in [4.78, 5) is 4.76. The van der Waals surface area contributed by atoms with Gasteiger partial charge in [0.2, 0.25) is 0 Å². The number of likely N-dealkylation sites (N-methyl/N-ethyl adjacent to an activating group) is 1. The van der Waals surface area contributed by atoms with E-state index in [2.05, 4.69) is 47.9 Å². The summed E-state index contributed by atoms with van der Waals surface area (Å²) in [5, 5.41) is 17.8. The molecule has 0 unspecified atom stereocenters. The lowest BCUT2D eigenvalue weighted by atomic mass is 9.96. The predicted octanol–water partition coefficient (Wildman–Crippen LogP) is 1.60. The van der Waals surface area contributed by atoms with E-state index in [4.69, 9.17) is 0 Å². The van der Waals surface area contributed by atoms with Crippen molar-refractivity contribution < 1.29 is 0 Å². The minimum Gasteiger partial charge on any atom is -0.352 e. The third kappa shape index (κ3) is 2.88. The Kier molecular flexibility index (Phi) is 4.11. The fourth-order valence-corrected chi connectivity index (χ4v) is 4.39. The molecule has 1 fully saturated rings. The average molecular weight is 353 g/mol. The average Bonchev–Trinajstić information content (AvgIpc) is 3.03. The summed E-state index contributed by atoms with van der Waals surface area (Å²) in [5.41, 5.74) is 2.62. The Balaban J connectivity index is 1.21. The van der Waals surface area contributed by atoms with Crippen LogP contribution >= 0.6 is 0 Å². The lowest BCUT2D eigenvalue weighted by molar-refractivity contribution is 0.189. The molecule has 0 amide bonds. The van der Waals surface area contributed by atoms with Gasteiger partial charge in [-0.3, -0.25) is 4.90 Å². The van der Waals surface area contributed by atoms with Crippen molar-refractivity contribution in [3.63, 3.8) is 0 Å². The first-order valence-corrected chi connectivity index (χ1v) is 9.99. The molecule has 0 aromatic carbocycles. The molecule has 2 aromatic rings. The van der Waals surface area contributed by atoms with Gasteiger partial charge in [0.1, 0.15) is 11.6 Å². The summed E-state index contributed by atoms with van der Waals surface area (Å²) < 4.78 is 2.32. The minimum atomic E-state index is 0.546. The van der Waals surface area contributed by atoms with Gasteiger partial charge in [0.05, 0.1) is 12.2 Å². The van der Waals surface area contributed by atoms with Gasteiger partial charge in [-0.15, -0.1) is 15.3 Å². The number of anilines is 1. The highest BCUT2D eigenvalue weighted by atomic mass is 15.4. The maximum Gasteiger partial charge on any atom is 0.151 e. The van der Waals surface area contributed by atoms with Crippen LogP contribution in [0.3, 0.4) is 0 Å². The van der Waals surface area contributed by atoms with Gasteiger partial charge in [-0.25, -0.2) is 0 Å². The second kappa shape index (κ2) is 6.61. The van der Waals surface area contributed by atoms with Gasteiger partial charge in [-0.05, 0) is 57.2 Å². The third-order valence-corrected chi connectivity index (χ3v) is 6.19. The first-order valence-electron chi connectivity index (χ1n) is 9.99. The summed E-state index contributed by atoms with van der Waals surface area (Å²) in [6.45, 7) is 3.99. The lowest BCUT2D eigenvalue weighted by Crippen LogP contribution is -2.58. The zero-order valence-corrected chi connectivity index (χ0v) is 15.6. The third-order valence-electron chi connectivity index (χ3n) is 6.19. The molecule has 7 nitrogen and oxygen atoms in total. The van der Waals surface area contributed by atoms with E-state index in [-0.39, 0.29) is 0 Å². The molecule has 1 aliphatic carbocycles. The van der Waals surface area contributed by atoms with Crippen LogP contribution in [0.5, 0.6) is 0 Å². The van der Waals surface area contributed by atoms with Crippen molar-refractivity contribution in [2.45, 2.75) is 64.1 Å². The Bertz CT molecular complexity index is 793. The standard InChI is InChI=1S/C19H27N7/c1-24(13-19-23-21-17-8-4-5-9-26(17)19)15-11-25(12-15)18-10-14-6-2-3-7-16(14)20-22-18/h10,15H,2-9,11-13H2,1H3. The molecule has 0 atom stereocenters. The topological polar surface area (TPSA) is 63.0 Å². The molecule has 26 heavy (non-hydrogen) atoms. The van der Waals surface area contributed by atoms with Crippen LogP contribution in [-0.4, -0.2) is 56.0 Å². The van der Waals surface area contributed by atoms with E-state index in [1.807, 2.05) is 0 Å². The lowest BCUT2D eigenvalue weighted by Gasteiger charge is -2.44. The van der Waals surface area contributed by atoms with Gasteiger partial charge in [0.25, 0.3) is 0 Å². The van der Waals surface area contributed by atoms with Crippen molar-refractivity contribution in [3.8, 4) is 0 Å². The molecule has 7 heteroatoms. The summed E-state index contributed by atoms with van der Waals surface area (Å²) >= 11 is 0. The highest BCUT2D eigenvalue weighted by molar-refractivity contribution is 5.45. The van der Waals surface area contributed by atoms with Gasteiger partial charge >= 0.3 is 0 Å². The molecule has 4 heterocycles. The number of nitrogens with zero attached hydrogens (tertiary/aromatic N) is 7. The van der Waals surface area contributed by atoms with Crippen LogP contribution in [0.4, 0.5) is 5.82 Å². The van der Waals surface area contributed by atoms with Crippen LogP contribution in [0.1, 0.15) is 48.6 Å². The molecule has 0 N–H and O–H groups in total. The monoisotopic (exact) mass is 353 g/mol. The zero-order chi connectivity index (χ0) is 17.5. The summed E-state index contributed by atoms with van der Waals surface area (Å²) in [5.74, 6) is 3.34. The van der Waals surface area contributed by atoms with Gasteiger partial charge in [-0.1, -0.05) is 0 Å². The van der Waals surface area contributed by atoms with E-state index in [1.54, 1.807) is 0 Å². The van der Waals surface area contributed by atoms with E-state index in [0.29, 0.717) is 6.04 Å². The van der Waals surface area contributed by atoms with Crippen molar-refractivity contribution in [2.24, 2.45) is 0 Å². The first kappa shape index (κ1) is 16.2. The molecule has 0 saturated carbocycles. The smallest absolute Gasteiger partial charge is 0.151 e. The molecule has 1 saturated heterocycles. The molecule has 2 aliphatic heterocycles. The van der Waals surface area contributed by atoms with Crippen LogP contribution in [0, 0.1) is 0 Å². The normalized spacial score (nSPS) is 20.0. The van der Waals surface area contributed by atoms with Crippen molar-refractivity contribution in [1.82, 2.24) is 29.9 Å². The number of aromatic nitrogens is 5. The Morgan fingerprint density at radius 2 is 1.85 bits per heavy atom. The number of fused-ring (bicyclic) bond motifs is 2. The molecule has 0 bridgehead atoms. The highest BCUT2D eigenvalue weighted by Crippen LogP contribution is 2.26. The number of hydrogen-bond acceptors (Lipinski definition) is 6. The van der Waals surface area contributed by atoms with Gasteiger partial charge < -0.3 is 9.47 Å². The van der Waals surface area contributed by atoms with Crippen LogP contribution in [0.25, 0.3) is 0 Å². The van der Waals surface area contributed by atoms with E-state index in [0.717, 1.165) is 57.1 Å². The Morgan fingerprint density at radius 3 is 2.77 bits per heavy atom. The highest BCUT2D eigenvalue weighted by Gasteiger charge is 2.32. The summed E-state index contributed by atoms with van der Waals surface area (Å²) in [6, 6.07) is 2.82. The van der Waals surface area contributed by atoms with Crippen LogP contribution < -0.4 is 4.90 Å². The number of rotatable bonds is 4. The van der Waals surface area contributed by atoms with Crippen molar-refractivity contribution >= 4 is 5.82 Å². The van der Waals surface area contributed by atoms with Crippen LogP contribution in [0.15, 0.2) is 6.07 Å².